The number of ketones is 1. The van der Waals surface area contributed by atoms with E-state index in [9.17, 15) is 9.59 Å². The molecule has 0 saturated heterocycles. The molecule has 0 aliphatic heterocycles. The van der Waals surface area contributed by atoms with Crippen LogP contribution in [0.4, 0.5) is 0 Å². The van der Waals surface area contributed by atoms with Crippen LogP contribution in [0, 0.1) is 5.92 Å². The second kappa shape index (κ2) is 6.92. The molecule has 1 amide bonds. The number of amides is 1. The van der Waals surface area contributed by atoms with Gasteiger partial charge in [0.1, 0.15) is 5.75 Å². The number of ether oxygens (including phenoxy) is 1. The van der Waals surface area contributed by atoms with E-state index in [1.807, 2.05) is 20.8 Å². The topological polar surface area (TPSA) is 55.4 Å². The lowest BCUT2D eigenvalue weighted by molar-refractivity contribution is -0.124. The van der Waals surface area contributed by atoms with Gasteiger partial charge < -0.3 is 10.1 Å². The molecule has 0 heterocycles. The van der Waals surface area contributed by atoms with E-state index in [1.165, 1.54) is 6.92 Å². The van der Waals surface area contributed by atoms with Crippen LogP contribution >= 0.6 is 0 Å². The molecule has 19 heavy (non-hydrogen) atoms. The summed E-state index contributed by atoms with van der Waals surface area (Å²) >= 11 is 0. The van der Waals surface area contributed by atoms with Crippen molar-refractivity contribution >= 4 is 11.7 Å². The van der Waals surface area contributed by atoms with Crippen molar-refractivity contribution in [2.24, 2.45) is 5.92 Å². The molecule has 0 aliphatic carbocycles. The van der Waals surface area contributed by atoms with Crippen molar-refractivity contribution in [1.29, 1.82) is 0 Å². The smallest absolute Gasteiger partial charge is 0.258 e. The van der Waals surface area contributed by atoms with E-state index in [-0.39, 0.29) is 24.3 Å². The van der Waals surface area contributed by atoms with Gasteiger partial charge in [-0.3, -0.25) is 9.59 Å². The minimum Gasteiger partial charge on any atom is -0.484 e. The second-order valence-electron chi connectivity index (χ2n) is 4.97. The maximum atomic E-state index is 11.6. The van der Waals surface area contributed by atoms with Crippen LogP contribution in [0.25, 0.3) is 0 Å². The van der Waals surface area contributed by atoms with Gasteiger partial charge in [0.05, 0.1) is 0 Å². The molecule has 1 atom stereocenters. The Morgan fingerprint density at radius 3 is 2.53 bits per heavy atom. The Bertz CT molecular complexity index is 454. The minimum absolute atomic E-state index is 0.0247. The minimum atomic E-state index is -0.158. The fourth-order valence-electron chi connectivity index (χ4n) is 1.42. The molecule has 1 aromatic rings. The van der Waals surface area contributed by atoms with E-state index in [1.54, 1.807) is 24.3 Å². The van der Waals surface area contributed by atoms with Gasteiger partial charge in [0.25, 0.3) is 5.91 Å². The van der Waals surface area contributed by atoms with Crippen molar-refractivity contribution in [2.45, 2.75) is 33.7 Å². The van der Waals surface area contributed by atoms with E-state index in [2.05, 4.69) is 5.32 Å². The fraction of sp³-hybridized carbons (Fsp3) is 0.467. The van der Waals surface area contributed by atoms with Gasteiger partial charge in [-0.1, -0.05) is 26.0 Å². The number of benzene rings is 1. The summed E-state index contributed by atoms with van der Waals surface area (Å²) in [6.45, 7) is 7.50. The lowest BCUT2D eigenvalue weighted by Gasteiger charge is -2.17. The van der Waals surface area contributed by atoms with Crippen molar-refractivity contribution in [3.63, 3.8) is 0 Å². The highest BCUT2D eigenvalue weighted by molar-refractivity contribution is 5.94. The van der Waals surface area contributed by atoms with E-state index >= 15 is 0 Å². The number of hydrogen-bond acceptors (Lipinski definition) is 3. The molecule has 0 aliphatic rings. The number of carbonyl (C=O) groups excluding carboxylic acids is 2. The largest absolute Gasteiger partial charge is 0.484 e. The monoisotopic (exact) mass is 263 g/mol. The normalized spacial score (nSPS) is 12.1. The molecular weight excluding hydrogens is 242 g/mol. The Hall–Kier alpha value is -1.84. The van der Waals surface area contributed by atoms with Crippen molar-refractivity contribution < 1.29 is 14.3 Å². The Morgan fingerprint density at radius 1 is 1.26 bits per heavy atom. The van der Waals surface area contributed by atoms with Gasteiger partial charge in [-0.05, 0) is 31.9 Å². The molecule has 0 unspecified atom stereocenters. The molecular formula is C15H21NO3. The van der Waals surface area contributed by atoms with Gasteiger partial charge in [-0.15, -0.1) is 0 Å². The SMILES string of the molecule is CC(=O)c1cccc(OCC(=O)N[C@@H](C)C(C)C)c1. The first-order chi connectivity index (χ1) is 8.90. The number of nitrogens with one attached hydrogen (secondary N) is 1. The Morgan fingerprint density at radius 2 is 1.95 bits per heavy atom. The maximum absolute atomic E-state index is 11.6. The fourth-order valence-corrected chi connectivity index (χ4v) is 1.42. The quantitative estimate of drug-likeness (QED) is 0.802. The molecule has 1 aromatic carbocycles. The molecule has 104 valence electrons. The average Bonchev–Trinajstić information content (AvgIpc) is 2.36. The van der Waals surface area contributed by atoms with E-state index in [0.717, 1.165) is 0 Å². The molecule has 4 nitrogen and oxygen atoms in total. The zero-order chi connectivity index (χ0) is 14.4. The molecule has 1 N–H and O–H groups in total. The van der Waals surface area contributed by atoms with Crippen LogP contribution in [0.5, 0.6) is 5.75 Å². The highest BCUT2D eigenvalue weighted by Gasteiger charge is 2.11. The van der Waals surface area contributed by atoms with Crippen LogP contribution in [-0.2, 0) is 4.79 Å². The molecule has 0 radical (unpaired) electrons. The summed E-state index contributed by atoms with van der Waals surface area (Å²) in [5.74, 6) is 0.725. The third-order valence-corrected chi connectivity index (χ3v) is 3.00. The summed E-state index contributed by atoms with van der Waals surface area (Å²) in [6.07, 6.45) is 0. The highest BCUT2D eigenvalue weighted by Crippen LogP contribution is 2.13. The molecule has 0 fully saturated rings. The molecule has 0 bridgehead atoms. The van der Waals surface area contributed by atoms with Gasteiger partial charge in [0.2, 0.25) is 0 Å². The van der Waals surface area contributed by atoms with Crippen molar-refractivity contribution in [1.82, 2.24) is 5.32 Å². The first-order valence-electron chi connectivity index (χ1n) is 6.43. The first-order valence-corrected chi connectivity index (χ1v) is 6.43. The van der Waals surface area contributed by atoms with E-state index in [4.69, 9.17) is 4.74 Å². The van der Waals surface area contributed by atoms with Crippen molar-refractivity contribution in [2.75, 3.05) is 6.61 Å². The third-order valence-electron chi connectivity index (χ3n) is 3.00. The van der Waals surface area contributed by atoms with Gasteiger partial charge >= 0.3 is 0 Å². The van der Waals surface area contributed by atoms with Crippen molar-refractivity contribution in [3.8, 4) is 5.75 Å². The van der Waals surface area contributed by atoms with Crippen LogP contribution < -0.4 is 10.1 Å². The molecule has 1 rings (SSSR count). The Balaban J connectivity index is 2.50. The molecule has 0 aromatic heterocycles. The lowest BCUT2D eigenvalue weighted by Crippen LogP contribution is -2.38. The van der Waals surface area contributed by atoms with E-state index < -0.39 is 0 Å². The number of hydrogen-bond donors (Lipinski definition) is 1. The standard InChI is InChI=1S/C15H21NO3/c1-10(2)11(3)16-15(18)9-19-14-7-5-6-13(8-14)12(4)17/h5-8,10-11H,9H2,1-4H3,(H,16,18)/t11-/m0/s1. The van der Waals surface area contributed by atoms with E-state index in [0.29, 0.717) is 17.2 Å². The number of rotatable bonds is 6. The summed E-state index contributed by atoms with van der Waals surface area (Å²) in [5.41, 5.74) is 0.577. The highest BCUT2D eigenvalue weighted by atomic mass is 16.5. The molecule has 0 saturated carbocycles. The Kier molecular flexibility index (Phi) is 5.55. The van der Waals surface area contributed by atoms with Gasteiger partial charge in [0, 0.05) is 11.6 Å². The summed E-state index contributed by atoms with van der Waals surface area (Å²) in [4.78, 5) is 22.9. The predicted octanol–water partition coefficient (Wildman–Crippen LogP) is 2.43. The maximum Gasteiger partial charge on any atom is 0.258 e. The molecule has 4 heteroatoms. The Labute approximate surface area is 114 Å². The predicted molar refractivity (Wildman–Crippen MR) is 74.4 cm³/mol. The lowest BCUT2D eigenvalue weighted by atomic mass is 10.1. The van der Waals surface area contributed by atoms with Crippen molar-refractivity contribution in [3.05, 3.63) is 29.8 Å². The number of Topliss-reactive ketones (excluding diaryl/α,β-unsaturated/α-hetero) is 1. The zero-order valence-corrected chi connectivity index (χ0v) is 11.9. The molecule has 0 spiro atoms. The van der Waals surface area contributed by atoms with Crippen LogP contribution in [0.2, 0.25) is 0 Å². The first kappa shape index (κ1) is 15.2. The second-order valence-corrected chi connectivity index (χ2v) is 4.97. The summed E-state index contributed by atoms with van der Waals surface area (Å²) in [6, 6.07) is 6.93. The van der Waals surface area contributed by atoms with Crippen LogP contribution in [-0.4, -0.2) is 24.3 Å². The number of carbonyl (C=O) groups is 2. The van der Waals surface area contributed by atoms with Crippen LogP contribution in [0.3, 0.4) is 0 Å². The van der Waals surface area contributed by atoms with Gasteiger partial charge in [-0.25, -0.2) is 0 Å². The summed E-state index contributed by atoms with van der Waals surface area (Å²) in [7, 11) is 0. The summed E-state index contributed by atoms with van der Waals surface area (Å²) < 4.78 is 5.37. The average molecular weight is 263 g/mol. The van der Waals surface area contributed by atoms with Gasteiger partial charge in [-0.2, -0.15) is 0 Å². The summed E-state index contributed by atoms with van der Waals surface area (Å²) in [5, 5.41) is 2.86. The van der Waals surface area contributed by atoms with Gasteiger partial charge in [0.15, 0.2) is 12.4 Å². The van der Waals surface area contributed by atoms with Crippen LogP contribution in [0.1, 0.15) is 38.1 Å². The third kappa shape index (κ3) is 5.12. The van der Waals surface area contributed by atoms with Crippen LogP contribution in [0.15, 0.2) is 24.3 Å². The zero-order valence-electron chi connectivity index (χ0n) is 11.9.